The van der Waals surface area contributed by atoms with Gasteiger partial charge >= 0.3 is 6.36 Å². The van der Waals surface area contributed by atoms with Crippen molar-refractivity contribution in [2.24, 2.45) is 0 Å². The van der Waals surface area contributed by atoms with Crippen molar-refractivity contribution in [2.75, 3.05) is 5.73 Å². The van der Waals surface area contributed by atoms with Gasteiger partial charge in [-0.15, -0.1) is 13.2 Å². The molecule has 0 saturated carbocycles. The standard InChI is InChI=1S/C14H10F3N3O/c15-14(16,17)21-11-3-1-2-9(6-11)12-8-20-13(19)7-10(12)4-5-18/h1-3,6-8H,4H2,(H2,19,20). The Morgan fingerprint density at radius 2 is 2.05 bits per heavy atom. The lowest BCUT2D eigenvalue weighted by Gasteiger charge is -2.11. The van der Waals surface area contributed by atoms with Crippen molar-refractivity contribution in [1.29, 1.82) is 5.26 Å². The van der Waals surface area contributed by atoms with Crippen LogP contribution in [0, 0.1) is 11.3 Å². The average Bonchev–Trinajstić information content (AvgIpc) is 2.37. The molecule has 0 atom stereocenters. The fourth-order valence-corrected chi connectivity index (χ4v) is 1.87. The summed E-state index contributed by atoms with van der Waals surface area (Å²) < 4.78 is 40.6. The van der Waals surface area contributed by atoms with Gasteiger partial charge in [0.05, 0.1) is 12.5 Å². The normalized spacial score (nSPS) is 11.0. The Morgan fingerprint density at radius 3 is 2.71 bits per heavy atom. The van der Waals surface area contributed by atoms with Gasteiger partial charge < -0.3 is 10.5 Å². The predicted molar refractivity (Wildman–Crippen MR) is 70.1 cm³/mol. The molecule has 1 heterocycles. The quantitative estimate of drug-likeness (QED) is 0.942. The van der Waals surface area contributed by atoms with E-state index in [2.05, 4.69) is 9.72 Å². The first-order valence-electron chi connectivity index (χ1n) is 5.86. The van der Waals surface area contributed by atoms with Crippen LogP contribution in [0.4, 0.5) is 19.0 Å². The second-order valence-electron chi connectivity index (χ2n) is 4.18. The number of anilines is 1. The fourth-order valence-electron chi connectivity index (χ4n) is 1.87. The molecular weight excluding hydrogens is 283 g/mol. The van der Waals surface area contributed by atoms with Gasteiger partial charge in [0.1, 0.15) is 11.6 Å². The molecule has 2 rings (SSSR count). The third-order valence-electron chi connectivity index (χ3n) is 2.66. The van der Waals surface area contributed by atoms with E-state index in [1.165, 1.54) is 30.5 Å². The van der Waals surface area contributed by atoms with Gasteiger partial charge in [-0.25, -0.2) is 4.98 Å². The number of benzene rings is 1. The number of pyridine rings is 1. The van der Waals surface area contributed by atoms with Gasteiger partial charge in [0, 0.05) is 11.8 Å². The predicted octanol–water partition coefficient (Wildman–Crippen LogP) is 3.30. The number of nitrogen functional groups attached to an aromatic ring is 1. The average molecular weight is 293 g/mol. The van der Waals surface area contributed by atoms with Crippen molar-refractivity contribution < 1.29 is 17.9 Å². The lowest BCUT2D eigenvalue weighted by atomic mass is 10.00. The van der Waals surface area contributed by atoms with Crippen molar-refractivity contribution in [1.82, 2.24) is 4.98 Å². The number of nitrogens with zero attached hydrogens (tertiary/aromatic N) is 2. The zero-order valence-corrected chi connectivity index (χ0v) is 10.7. The van der Waals surface area contributed by atoms with Crippen molar-refractivity contribution in [3.63, 3.8) is 0 Å². The van der Waals surface area contributed by atoms with Crippen LogP contribution in [0.1, 0.15) is 5.56 Å². The topological polar surface area (TPSA) is 71.9 Å². The second kappa shape index (κ2) is 5.71. The summed E-state index contributed by atoms with van der Waals surface area (Å²) in [4.78, 5) is 3.91. The number of nitriles is 1. The zero-order chi connectivity index (χ0) is 15.5. The highest BCUT2D eigenvalue weighted by molar-refractivity contribution is 5.69. The molecular formula is C14H10F3N3O. The molecule has 0 fully saturated rings. The van der Waals surface area contributed by atoms with Crippen molar-refractivity contribution in [3.8, 4) is 22.9 Å². The van der Waals surface area contributed by atoms with Crippen LogP contribution in [0.5, 0.6) is 5.75 Å². The first-order chi connectivity index (χ1) is 9.89. The molecule has 0 unspecified atom stereocenters. The number of ether oxygens (including phenoxy) is 1. The molecule has 0 bridgehead atoms. The Balaban J connectivity index is 2.43. The summed E-state index contributed by atoms with van der Waals surface area (Å²) in [7, 11) is 0. The lowest BCUT2D eigenvalue weighted by Crippen LogP contribution is -2.17. The SMILES string of the molecule is N#CCc1cc(N)ncc1-c1cccc(OC(F)(F)F)c1. The number of hydrogen-bond acceptors (Lipinski definition) is 4. The Bertz CT molecular complexity index is 693. The summed E-state index contributed by atoms with van der Waals surface area (Å²) in [6.07, 6.45) is -3.26. The first-order valence-corrected chi connectivity index (χ1v) is 5.86. The molecule has 0 amide bonds. The minimum Gasteiger partial charge on any atom is -0.406 e. The molecule has 0 aliphatic rings. The highest BCUT2D eigenvalue weighted by Crippen LogP contribution is 2.30. The van der Waals surface area contributed by atoms with Crippen LogP contribution in [0.2, 0.25) is 0 Å². The van der Waals surface area contributed by atoms with E-state index in [0.717, 1.165) is 0 Å². The van der Waals surface area contributed by atoms with Gasteiger partial charge in [0.15, 0.2) is 0 Å². The maximum atomic E-state index is 12.2. The Morgan fingerprint density at radius 1 is 1.29 bits per heavy atom. The van der Waals surface area contributed by atoms with Crippen LogP contribution in [0.3, 0.4) is 0 Å². The molecule has 4 nitrogen and oxygen atoms in total. The maximum Gasteiger partial charge on any atom is 0.573 e. The molecule has 21 heavy (non-hydrogen) atoms. The van der Waals surface area contributed by atoms with E-state index in [9.17, 15) is 13.2 Å². The van der Waals surface area contributed by atoms with Crippen LogP contribution in [0.15, 0.2) is 36.5 Å². The summed E-state index contributed by atoms with van der Waals surface area (Å²) in [5.74, 6) is -0.0913. The van der Waals surface area contributed by atoms with E-state index in [4.69, 9.17) is 11.0 Å². The van der Waals surface area contributed by atoms with Gasteiger partial charge in [0.2, 0.25) is 0 Å². The highest BCUT2D eigenvalue weighted by atomic mass is 19.4. The minimum absolute atomic E-state index is 0.0758. The molecule has 1 aromatic heterocycles. The van der Waals surface area contributed by atoms with Gasteiger partial charge in [-0.2, -0.15) is 5.26 Å². The monoisotopic (exact) mass is 293 g/mol. The summed E-state index contributed by atoms with van der Waals surface area (Å²) in [5.41, 5.74) is 7.15. The number of hydrogen-bond donors (Lipinski definition) is 1. The molecule has 2 N–H and O–H groups in total. The van der Waals surface area contributed by atoms with E-state index in [1.54, 1.807) is 6.07 Å². The van der Waals surface area contributed by atoms with E-state index >= 15 is 0 Å². The van der Waals surface area contributed by atoms with Crippen LogP contribution in [-0.2, 0) is 6.42 Å². The summed E-state index contributed by atoms with van der Waals surface area (Å²) in [5, 5.41) is 8.80. The first kappa shape index (κ1) is 14.7. The Kier molecular flexibility index (Phi) is 3.98. The number of halogens is 3. The minimum atomic E-state index is -4.76. The van der Waals surface area contributed by atoms with Crippen molar-refractivity contribution >= 4 is 5.82 Å². The molecule has 0 saturated heterocycles. The molecule has 2 aromatic rings. The zero-order valence-electron chi connectivity index (χ0n) is 10.7. The molecule has 0 spiro atoms. The van der Waals surface area contributed by atoms with Crippen LogP contribution < -0.4 is 10.5 Å². The van der Waals surface area contributed by atoms with E-state index in [-0.39, 0.29) is 18.0 Å². The van der Waals surface area contributed by atoms with E-state index in [0.29, 0.717) is 16.7 Å². The molecule has 0 aliphatic heterocycles. The molecule has 108 valence electrons. The Hall–Kier alpha value is -2.75. The lowest BCUT2D eigenvalue weighted by molar-refractivity contribution is -0.274. The maximum absolute atomic E-state index is 12.2. The van der Waals surface area contributed by atoms with E-state index in [1.807, 2.05) is 6.07 Å². The van der Waals surface area contributed by atoms with Gasteiger partial charge in [0.25, 0.3) is 0 Å². The third-order valence-corrected chi connectivity index (χ3v) is 2.66. The summed E-state index contributed by atoms with van der Waals surface area (Å²) in [6, 6.07) is 8.98. The van der Waals surface area contributed by atoms with Crippen molar-refractivity contribution in [2.45, 2.75) is 12.8 Å². The fraction of sp³-hybridized carbons (Fsp3) is 0.143. The van der Waals surface area contributed by atoms with Crippen LogP contribution in [-0.4, -0.2) is 11.3 Å². The van der Waals surface area contributed by atoms with E-state index < -0.39 is 6.36 Å². The molecule has 1 aromatic carbocycles. The van der Waals surface area contributed by atoms with Gasteiger partial charge in [-0.1, -0.05) is 12.1 Å². The smallest absolute Gasteiger partial charge is 0.406 e. The third kappa shape index (κ3) is 3.86. The van der Waals surface area contributed by atoms with Crippen molar-refractivity contribution in [3.05, 3.63) is 42.1 Å². The number of nitrogens with two attached hydrogens (primary N) is 1. The largest absolute Gasteiger partial charge is 0.573 e. The summed E-state index contributed by atoms with van der Waals surface area (Å²) >= 11 is 0. The number of alkyl halides is 3. The molecule has 7 heteroatoms. The van der Waals surface area contributed by atoms with Crippen LogP contribution in [0.25, 0.3) is 11.1 Å². The van der Waals surface area contributed by atoms with Gasteiger partial charge in [-0.05, 0) is 29.3 Å². The second-order valence-corrected chi connectivity index (χ2v) is 4.18. The molecule has 0 aliphatic carbocycles. The molecule has 0 radical (unpaired) electrons. The summed E-state index contributed by atoms with van der Waals surface area (Å²) in [6.45, 7) is 0. The highest BCUT2D eigenvalue weighted by Gasteiger charge is 2.31. The van der Waals surface area contributed by atoms with Gasteiger partial charge in [-0.3, -0.25) is 0 Å². The number of rotatable bonds is 3. The Labute approximate surface area is 118 Å². The van der Waals surface area contributed by atoms with Crippen LogP contribution >= 0.6 is 0 Å². The number of aromatic nitrogens is 1.